The zero-order valence-electron chi connectivity index (χ0n) is 22.2. The molecule has 0 saturated heterocycles. The topological polar surface area (TPSA) is 68.1 Å². The molecule has 1 aliphatic rings. The first-order valence-electron chi connectivity index (χ1n) is 13.4. The fourth-order valence-electron chi connectivity index (χ4n) is 4.54. The molecule has 1 fully saturated rings. The van der Waals surface area contributed by atoms with Crippen LogP contribution in [0, 0.1) is 5.82 Å². The Balaban J connectivity index is 0.000000207. The van der Waals surface area contributed by atoms with Crippen LogP contribution >= 0.6 is 0 Å². The zero-order chi connectivity index (χ0) is 27.6. The van der Waals surface area contributed by atoms with Crippen molar-refractivity contribution in [1.82, 2.24) is 0 Å². The van der Waals surface area contributed by atoms with Crippen LogP contribution in [0.25, 0.3) is 0 Å². The third kappa shape index (κ3) is 8.04. The van der Waals surface area contributed by atoms with E-state index in [1.807, 2.05) is 36.4 Å². The van der Waals surface area contributed by atoms with Gasteiger partial charge in [0, 0.05) is 24.0 Å². The molecule has 1 N–H and O–H groups in total. The Bertz CT molecular complexity index is 1420. The highest BCUT2D eigenvalue weighted by Gasteiger charge is 2.25. The molecule has 5 nitrogen and oxygen atoms in total. The predicted molar refractivity (Wildman–Crippen MR) is 152 cm³/mol. The first-order valence-corrected chi connectivity index (χ1v) is 13.4. The summed E-state index contributed by atoms with van der Waals surface area (Å²) in [5, 5.41) is 11.4. The van der Waals surface area contributed by atoms with Gasteiger partial charge in [-0.2, -0.15) is 0 Å². The van der Waals surface area contributed by atoms with E-state index >= 15 is 0 Å². The number of nitrogens with zero attached hydrogens (tertiary/aromatic N) is 1. The summed E-state index contributed by atoms with van der Waals surface area (Å²) in [6, 6.07) is 29.3. The van der Waals surface area contributed by atoms with Crippen molar-refractivity contribution in [3.05, 3.63) is 154 Å². The summed E-state index contributed by atoms with van der Waals surface area (Å²) in [5.74, 6) is 2.14. The lowest BCUT2D eigenvalue weighted by atomic mass is 10.0. The average molecular weight is 538 g/mol. The van der Waals surface area contributed by atoms with Gasteiger partial charge in [-0.15, -0.1) is 0 Å². The quantitative estimate of drug-likeness (QED) is 0.111. The Morgan fingerprint density at radius 1 is 0.750 bits per heavy atom. The molecule has 2 heterocycles. The number of hydrogen-bond acceptors (Lipinski definition) is 5. The standard InChI is InChI=1S/C24H22O3.C10H10FNO/c1-3-7-19(8-4-1)11-23-13-21(17-26-23)15-25-16-22-14-24(27-18-22)12-20-9-5-2-6-10-20;11-9-4-3-8(6-12-13)10(5-9)7-1-2-7/h1-10,13-14,17-18H,11-12,15-16H2;3-7,13H,1-2H2. The van der Waals surface area contributed by atoms with Crippen LogP contribution in [0.2, 0.25) is 0 Å². The van der Waals surface area contributed by atoms with Gasteiger partial charge < -0.3 is 18.8 Å². The highest BCUT2D eigenvalue weighted by Crippen LogP contribution is 2.41. The average Bonchev–Trinajstić information content (AvgIpc) is 3.58. The number of ether oxygens (including phenoxy) is 1. The molecular formula is C34H32FNO4. The van der Waals surface area contributed by atoms with E-state index in [1.165, 1.54) is 29.5 Å². The third-order valence-electron chi connectivity index (χ3n) is 6.66. The summed E-state index contributed by atoms with van der Waals surface area (Å²) in [6.45, 7) is 1.05. The molecule has 2 aromatic heterocycles. The molecule has 3 aromatic carbocycles. The predicted octanol–water partition coefficient (Wildman–Crippen LogP) is 8.28. The van der Waals surface area contributed by atoms with Crippen molar-refractivity contribution in [3.63, 3.8) is 0 Å². The van der Waals surface area contributed by atoms with Crippen molar-refractivity contribution >= 4 is 6.21 Å². The molecule has 0 bridgehead atoms. The molecule has 0 spiro atoms. The van der Waals surface area contributed by atoms with Gasteiger partial charge >= 0.3 is 0 Å². The lowest BCUT2D eigenvalue weighted by Gasteiger charge is -2.02. The van der Waals surface area contributed by atoms with Gasteiger partial charge in [0.25, 0.3) is 0 Å². The van der Waals surface area contributed by atoms with Crippen molar-refractivity contribution in [2.75, 3.05) is 0 Å². The molecule has 6 heteroatoms. The molecule has 0 aliphatic heterocycles. The Morgan fingerprint density at radius 2 is 1.30 bits per heavy atom. The highest BCUT2D eigenvalue weighted by molar-refractivity contribution is 5.81. The Labute approximate surface area is 233 Å². The molecule has 5 aromatic rings. The van der Waals surface area contributed by atoms with Crippen LogP contribution in [0.3, 0.4) is 0 Å². The summed E-state index contributed by atoms with van der Waals surface area (Å²) in [4.78, 5) is 0. The summed E-state index contributed by atoms with van der Waals surface area (Å²) in [6.07, 6.45) is 8.71. The normalized spacial score (nSPS) is 12.8. The van der Waals surface area contributed by atoms with Crippen molar-refractivity contribution in [3.8, 4) is 0 Å². The SMILES string of the molecule is ON=Cc1ccc(F)cc1C1CC1.c1ccc(Cc2cc(COCc3coc(Cc4ccccc4)c3)co2)cc1. The monoisotopic (exact) mass is 537 g/mol. The van der Waals surface area contributed by atoms with Crippen molar-refractivity contribution in [2.24, 2.45) is 5.16 Å². The number of halogens is 1. The smallest absolute Gasteiger partial charge is 0.123 e. The summed E-state index contributed by atoms with van der Waals surface area (Å²) in [5.41, 5.74) is 6.35. The van der Waals surface area contributed by atoms with E-state index < -0.39 is 0 Å². The van der Waals surface area contributed by atoms with Gasteiger partial charge in [0.1, 0.15) is 17.3 Å². The van der Waals surface area contributed by atoms with Crippen molar-refractivity contribution in [1.29, 1.82) is 0 Å². The van der Waals surface area contributed by atoms with E-state index in [0.29, 0.717) is 19.1 Å². The van der Waals surface area contributed by atoms with Crippen LogP contribution < -0.4 is 0 Å². The maximum Gasteiger partial charge on any atom is 0.123 e. The van der Waals surface area contributed by atoms with E-state index in [2.05, 4.69) is 41.6 Å². The van der Waals surface area contributed by atoms with Crippen LogP contribution in [0.5, 0.6) is 0 Å². The highest BCUT2D eigenvalue weighted by atomic mass is 19.1. The fourth-order valence-corrected chi connectivity index (χ4v) is 4.54. The molecule has 0 unspecified atom stereocenters. The Hall–Kier alpha value is -4.42. The first-order chi connectivity index (χ1) is 19.7. The van der Waals surface area contributed by atoms with Gasteiger partial charge in [0.2, 0.25) is 0 Å². The zero-order valence-corrected chi connectivity index (χ0v) is 22.2. The van der Waals surface area contributed by atoms with E-state index in [0.717, 1.165) is 59.5 Å². The molecule has 1 saturated carbocycles. The number of furan rings is 2. The molecular weight excluding hydrogens is 505 g/mol. The van der Waals surface area contributed by atoms with E-state index in [9.17, 15) is 4.39 Å². The van der Waals surface area contributed by atoms with Crippen molar-refractivity contribution < 1.29 is 23.2 Å². The largest absolute Gasteiger partial charge is 0.469 e. The lowest BCUT2D eigenvalue weighted by Crippen LogP contribution is -1.92. The summed E-state index contributed by atoms with van der Waals surface area (Å²) < 4.78 is 30.0. The molecule has 0 atom stereocenters. The maximum atomic E-state index is 12.9. The Kier molecular flexibility index (Phi) is 9.22. The van der Waals surface area contributed by atoms with Crippen LogP contribution in [0.1, 0.15) is 63.7 Å². The number of oxime groups is 1. The van der Waals surface area contributed by atoms with Gasteiger partial charge in [-0.05, 0) is 65.3 Å². The second-order valence-electron chi connectivity index (χ2n) is 9.95. The van der Waals surface area contributed by atoms with Gasteiger partial charge in [-0.25, -0.2) is 4.39 Å². The minimum Gasteiger partial charge on any atom is -0.469 e. The van der Waals surface area contributed by atoms with E-state index in [1.54, 1.807) is 18.6 Å². The van der Waals surface area contributed by atoms with Gasteiger partial charge in [0.05, 0.1) is 32.0 Å². The molecule has 1 aliphatic carbocycles. The number of benzene rings is 3. The second kappa shape index (κ2) is 13.6. The maximum absolute atomic E-state index is 12.9. The van der Waals surface area contributed by atoms with Gasteiger partial charge in [-0.3, -0.25) is 0 Å². The van der Waals surface area contributed by atoms with Gasteiger partial charge in [0.15, 0.2) is 0 Å². The van der Waals surface area contributed by atoms with E-state index in [-0.39, 0.29) is 5.82 Å². The Morgan fingerprint density at radius 3 is 1.80 bits per heavy atom. The van der Waals surface area contributed by atoms with Crippen molar-refractivity contribution in [2.45, 2.75) is 44.8 Å². The lowest BCUT2D eigenvalue weighted by molar-refractivity contribution is 0.106. The van der Waals surface area contributed by atoms with Crippen LogP contribution in [-0.2, 0) is 30.8 Å². The minimum absolute atomic E-state index is 0.225. The molecule has 6 rings (SSSR count). The number of hydrogen-bond donors (Lipinski definition) is 1. The molecule has 0 amide bonds. The van der Waals surface area contributed by atoms with Crippen LogP contribution in [0.15, 0.2) is 118 Å². The van der Waals surface area contributed by atoms with Crippen LogP contribution in [0.4, 0.5) is 4.39 Å². The molecule has 40 heavy (non-hydrogen) atoms. The summed E-state index contributed by atoms with van der Waals surface area (Å²) in [7, 11) is 0. The molecule has 204 valence electrons. The van der Waals surface area contributed by atoms with Crippen LogP contribution in [-0.4, -0.2) is 11.4 Å². The van der Waals surface area contributed by atoms with E-state index in [4.69, 9.17) is 18.8 Å². The summed E-state index contributed by atoms with van der Waals surface area (Å²) >= 11 is 0. The third-order valence-corrected chi connectivity index (χ3v) is 6.66. The van der Waals surface area contributed by atoms with Gasteiger partial charge in [-0.1, -0.05) is 71.9 Å². The second-order valence-corrected chi connectivity index (χ2v) is 9.95. The first kappa shape index (κ1) is 27.2. The minimum atomic E-state index is -0.225. The molecule has 0 radical (unpaired) electrons. The fraction of sp³-hybridized carbons (Fsp3) is 0.206. The number of rotatable bonds is 10.